The van der Waals surface area contributed by atoms with Gasteiger partial charge in [-0.05, 0) is 36.8 Å². The highest BCUT2D eigenvalue weighted by Gasteiger charge is 2.04. The Labute approximate surface area is 97.9 Å². The van der Waals surface area contributed by atoms with Crippen molar-refractivity contribution in [1.29, 1.82) is 0 Å². The van der Waals surface area contributed by atoms with Gasteiger partial charge in [-0.3, -0.25) is 0 Å². The predicted octanol–water partition coefficient (Wildman–Crippen LogP) is 4.11. The Morgan fingerprint density at radius 1 is 0.812 bits per heavy atom. The third-order valence-corrected chi connectivity index (χ3v) is 2.81. The lowest BCUT2D eigenvalue weighted by atomic mass is 9.94. The van der Waals surface area contributed by atoms with Gasteiger partial charge in [0.2, 0.25) is 0 Å². The summed E-state index contributed by atoms with van der Waals surface area (Å²) in [4.78, 5) is 0. The first-order valence-electron chi connectivity index (χ1n) is 5.71. The van der Waals surface area contributed by atoms with Crippen LogP contribution in [0.15, 0.2) is 60.7 Å². The standard InChI is InChI=1S/C16H16/c1-14(16-10-6-3-7-11-16)12-13-15-8-4-2-5-9-15/h1-11,14H,12-13H2. The van der Waals surface area contributed by atoms with Crippen molar-refractivity contribution in [3.8, 4) is 0 Å². The number of aryl methyl sites for hydroxylation is 1. The number of rotatable bonds is 4. The molecule has 0 nitrogen and oxygen atoms in total. The Kier molecular flexibility index (Phi) is 3.76. The Bertz CT molecular complexity index is 403. The van der Waals surface area contributed by atoms with Gasteiger partial charge in [0.1, 0.15) is 0 Å². The van der Waals surface area contributed by atoms with Gasteiger partial charge in [0, 0.05) is 0 Å². The zero-order valence-corrected chi connectivity index (χ0v) is 9.34. The molecule has 2 radical (unpaired) electrons. The lowest BCUT2D eigenvalue weighted by molar-refractivity contribution is 0.733. The predicted molar refractivity (Wildman–Crippen MR) is 68.2 cm³/mol. The molecule has 0 fully saturated rings. The zero-order valence-electron chi connectivity index (χ0n) is 9.34. The fourth-order valence-electron chi connectivity index (χ4n) is 1.83. The van der Waals surface area contributed by atoms with Crippen LogP contribution in [0.1, 0.15) is 23.5 Å². The van der Waals surface area contributed by atoms with Crippen LogP contribution in [0.4, 0.5) is 0 Å². The van der Waals surface area contributed by atoms with Gasteiger partial charge in [-0.1, -0.05) is 60.7 Å². The van der Waals surface area contributed by atoms with Gasteiger partial charge >= 0.3 is 0 Å². The van der Waals surface area contributed by atoms with Crippen LogP contribution >= 0.6 is 0 Å². The second-order valence-electron chi connectivity index (χ2n) is 4.04. The first kappa shape index (κ1) is 10.9. The summed E-state index contributed by atoms with van der Waals surface area (Å²) in [5, 5.41) is 0. The first-order valence-corrected chi connectivity index (χ1v) is 5.71. The summed E-state index contributed by atoms with van der Waals surface area (Å²) < 4.78 is 0. The van der Waals surface area contributed by atoms with E-state index in [0.29, 0.717) is 0 Å². The summed E-state index contributed by atoms with van der Waals surface area (Å²) in [6.07, 6.45) is 2.03. The second kappa shape index (κ2) is 5.50. The van der Waals surface area contributed by atoms with Gasteiger partial charge in [-0.2, -0.15) is 0 Å². The third kappa shape index (κ3) is 2.96. The number of hydrogen-bond acceptors (Lipinski definition) is 0. The fraction of sp³-hybridized carbons (Fsp3) is 0.188. The van der Waals surface area contributed by atoms with Crippen LogP contribution in [-0.2, 0) is 6.42 Å². The Morgan fingerprint density at radius 2 is 1.38 bits per heavy atom. The quantitative estimate of drug-likeness (QED) is 0.709. The van der Waals surface area contributed by atoms with E-state index in [-0.39, 0.29) is 5.92 Å². The third-order valence-electron chi connectivity index (χ3n) is 2.81. The van der Waals surface area contributed by atoms with Gasteiger partial charge in [0.25, 0.3) is 0 Å². The van der Waals surface area contributed by atoms with E-state index in [0.717, 1.165) is 12.8 Å². The van der Waals surface area contributed by atoms with Crippen molar-refractivity contribution in [2.75, 3.05) is 0 Å². The van der Waals surface area contributed by atoms with E-state index in [1.54, 1.807) is 0 Å². The molecule has 0 heterocycles. The van der Waals surface area contributed by atoms with E-state index in [1.165, 1.54) is 11.1 Å². The number of benzene rings is 2. The van der Waals surface area contributed by atoms with Gasteiger partial charge in [0.15, 0.2) is 0 Å². The molecule has 0 amide bonds. The summed E-state index contributed by atoms with van der Waals surface area (Å²) in [7, 11) is 0. The fourth-order valence-corrected chi connectivity index (χ4v) is 1.83. The topological polar surface area (TPSA) is 0 Å². The van der Waals surface area contributed by atoms with Gasteiger partial charge in [-0.15, -0.1) is 0 Å². The van der Waals surface area contributed by atoms with Crippen LogP contribution < -0.4 is 0 Å². The monoisotopic (exact) mass is 208 g/mol. The molecule has 0 N–H and O–H groups in total. The van der Waals surface area contributed by atoms with Gasteiger partial charge in [-0.25, -0.2) is 0 Å². The van der Waals surface area contributed by atoms with Crippen molar-refractivity contribution >= 4 is 0 Å². The Balaban J connectivity index is 1.92. The Morgan fingerprint density at radius 3 is 2.00 bits per heavy atom. The maximum atomic E-state index is 6.14. The van der Waals surface area contributed by atoms with E-state index in [2.05, 4.69) is 36.4 Å². The maximum absolute atomic E-state index is 6.14. The summed E-state index contributed by atoms with van der Waals surface area (Å²) in [6, 6.07) is 20.8. The van der Waals surface area contributed by atoms with E-state index in [1.807, 2.05) is 24.3 Å². The molecule has 2 rings (SSSR count). The summed E-state index contributed by atoms with van der Waals surface area (Å²) in [5.74, 6) is 0.140. The lowest BCUT2D eigenvalue weighted by Gasteiger charge is -2.11. The van der Waals surface area contributed by atoms with E-state index < -0.39 is 0 Å². The molecule has 16 heavy (non-hydrogen) atoms. The minimum absolute atomic E-state index is 0.140. The highest BCUT2D eigenvalue weighted by Crippen LogP contribution is 2.20. The first-order chi connectivity index (χ1) is 7.86. The number of hydrogen-bond donors (Lipinski definition) is 0. The molecule has 80 valence electrons. The molecule has 0 aliphatic heterocycles. The molecule has 1 unspecified atom stereocenters. The summed E-state index contributed by atoms with van der Waals surface area (Å²) >= 11 is 0. The summed E-state index contributed by atoms with van der Waals surface area (Å²) in [5.41, 5.74) is 2.58. The maximum Gasteiger partial charge on any atom is -0.0125 e. The Hall–Kier alpha value is -1.56. The molecule has 0 saturated carbocycles. The summed E-state index contributed by atoms with van der Waals surface area (Å²) in [6.45, 7) is 6.14. The van der Waals surface area contributed by atoms with E-state index in [4.69, 9.17) is 6.92 Å². The lowest BCUT2D eigenvalue weighted by Crippen LogP contribution is -1.96. The molecule has 0 aliphatic carbocycles. The molecule has 0 aromatic heterocycles. The average Bonchev–Trinajstić information content (AvgIpc) is 2.38. The van der Waals surface area contributed by atoms with Crippen LogP contribution in [0.2, 0.25) is 0 Å². The molecule has 0 saturated heterocycles. The van der Waals surface area contributed by atoms with Crippen molar-refractivity contribution in [3.05, 3.63) is 78.7 Å². The van der Waals surface area contributed by atoms with Gasteiger partial charge in [0.05, 0.1) is 0 Å². The molecule has 0 aliphatic rings. The minimum Gasteiger partial charge on any atom is -0.0622 e. The highest BCUT2D eigenvalue weighted by atomic mass is 14.1. The van der Waals surface area contributed by atoms with Crippen molar-refractivity contribution < 1.29 is 0 Å². The van der Waals surface area contributed by atoms with E-state index in [9.17, 15) is 0 Å². The smallest absolute Gasteiger partial charge is 0.0125 e. The largest absolute Gasteiger partial charge is 0.0622 e. The SMILES string of the molecule is [CH]C(CCc1ccccc1)c1ccccc1. The normalized spacial score (nSPS) is 12.3. The van der Waals surface area contributed by atoms with E-state index >= 15 is 0 Å². The van der Waals surface area contributed by atoms with Crippen LogP contribution in [0.3, 0.4) is 0 Å². The van der Waals surface area contributed by atoms with Crippen LogP contribution in [0, 0.1) is 6.92 Å². The van der Waals surface area contributed by atoms with Gasteiger partial charge < -0.3 is 0 Å². The molecule has 0 spiro atoms. The van der Waals surface area contributed by atoms with Crippen molar-refractivity contribution in [1.82, 2.24) is 0 Å². The van der Waals surface area contributed by atoms with Crippen LogP contribution in [0.25, 0.3) is 0 Å². The molecule has 1 atom stereocenters. The molecule has 2 aromatic rings. The molecular weight excluding hydrogens is 192 g/mol. The van der Waals surface area contributed by atoms with Crippen molar-refractivity contribution in [2.24, 2.45) is 0 Å². The van der Waals surface area contributed by atoms with Crippen LogP contribution in [0.5, 0.6) is 0 Å². The average molecular weight is 208 g/mol. The molecule has 0 bridgehead atoms. The zero-order chi connectivity index (χ0) is 11.2. The molecule has 2 aromatic carbocycles. The molecular formula is C16H16. The molecule has 0 heteroatoms. The van der Waals surface area contributed by atoms with Crippen LogP contribution in [-0.4, -0.2) is 0 Å². The minimum atomic E-state index is 0.140. The van der Waals surface area contributed by atoms with Crippen molar-refractivity contribution in [3.63, 3.8) is 0 Å². The second-order valence-corrected chi connectivity index (χ2v) is 4.04. The van der Waals surface area contributed by atoms with Crippen molar-refractivity contribution in [2.45, 2.75) is 18.8 Å². The highest BCUT2D eigenvalue weighted by molar-refractivity contribution is 5.21.